The average Bonchev–Trinajstić information content (AvgIpc) is 2.80. The van der Waals surface area contributed by atoms with E-state index in [0.29, 0.717) is 28.4 Å². The van der Waals surface area contributed by atoms with Crippen molar-refractivity contribution in [2.24, 2.45) is 5.73 Å². The zero-order valence-electron chi connectivity index (χ0n) is 18.6. The zero-order chi connectivity index (χ0) is 24.8. The van der Waals surface area contributed by atoms with Crippen molar-refractivity contribution in [1.29, 1.82) is 0 Å². The second-order valence-corrected chi connectivity index (χ2v) is 8.83. The molecule has 0 aliphatic heterocycles. The molecule has 0 radical (unpaired) electrons. The number of methoxy groups -OCH3 is 4. The fourth-order valence-corrected chi connectivity index (χ4v) is 4.17. The lowest BCUT2D eigenvalue weighted by atomic mass is 10.00. The zero-order valence-corrected chi connectivity index (χ0v) is 19.5. The van der Waals surface area contributed by atoms with E-state index in [1.54, 1.807) is 12.1 Å². The van der Waals surface area contributed by atoms with Crippen LogP contribution in [0.15, 0.2) is 35.7 Å². The van der Waals surface area contributed by atoms with Crippen LogP contribution in [0.1, 0.15) is 22.8 Å². The molecule has 33 heavy (non-hydrogen) atoms. The van der Waals surface area contributed by atoms with E-state index in [2.05, 4.69) is 0 Å². The van der Waals surface area contributed by atoms with E-state index in [1.807, 2.05) is 0 Å². The molecule has 0 aromatic heterocycles. The molecule has 11 heteroatoms. The van der Waals surface area contributed by atoms with Gasteiger partial charge in [-0.2, -0.15) is 0 Å². The second kappa shape index (κ2) is 11.0. The van der Waals surface area contributed by atoms with E-state index in [0.717, 1.165) is 5.41 Å². The van der Waals surface area contributed by atoms with Crippen molar-refractivity contribution in [1.82, 2.24) is 0 Å². The van der Waals surface area contributed by atoms with Gasteiger partial charge in [-0.1, -0.05) is 6.07 Å². The summed E-state index contributed by atoms with van der Waals surface area (Å²) in [6, 6.07) is 5.88. The summed E-state index contributed by atoms with van der Waals surface area (Å²) in [7, 11) is 1.91. The smallest absolute Gasteiger partial charge is 0.323 e. The summed E-state index contributed by atoms with van der Waals surface area (Å²) in [6.45, 7) is 0. The van der Waals surface area contributed by atoms with Gasteiger partial charge in [-0.25, -0.2) is 8.42 Å². The Morgan fingerprint density at radius 1 is 1.00 bits per heavy atom. The second-order valence-electron chi connectivity index (χ2n) is 6.94. The number of ether oxygens (including phenoxy) is 4. The Balaban J connectivity index is 2.38. The summed E-state index contributed by atoms with van der Waals surface area (Å²) in [5.41, 5.74) is 6.30. The topological polar surface area (TPSA) is 155 Å². The van der Waals surface area contributed by atoms with Crippen molar-refractivity contribution < 1.29 is 42.4 Å². The summed E-state index contributed by atoms with van der Waals surface area (Å²) in [5.74, 6) is -0.453. The molecular weight excluding hydrogens is 454 g/mol. The monoisotopic (exact) mass is 481 g/mol. The van der Waals surface area contributed by atoms with Gasteiger partial charge in [-0.3, -0.25) is 4.79 Å². The molecule has 0 bridgehead atoms. The van der Waals surface area contributed by atoms with Gasteiger partial charge in [0.2, 0.25) is 0 Å². The average molecular weight is 482 g/mol. The summed E-state index contributed by atoms with van der Waals surface area (Å²) in [5, 5.41) is 20.4. The third-order valence-electron chi connectivity index (χ3n) is 4.80. The van der Waals surface area contributed by atoms with Gasteiger partial charge in [0, 0.05) is 23.1 Å². The van der Waals surface area contributed by atoms with Crippen LogP contribution < -0.4 is 24.7 Å². The Bertz CT molecular complexity index is 1100. The van der Waals surface area contributed by atoms with Gasteiger partial charge in [0.25, 0.3) is 0 Å². The molecule has 180 valence electrons. The number of carboxylic acid groups (broad SMARTS) is 1. The van der Waals surface area contributed by atoms with Gasteiger partial charge in [0.1, 0.15) is 35.1 Å². The van der Waals surface area contributed by atoms with Crippen LogP contribution in [0.3, 0.4) is 0 Å². The number of carboxylic acids is 1. The molecule has 10 nitrogen and oxygen atoms in total. The number of aliphatic hydroxyl groups is 1. The molecule has 0 heterocycles. The molecule has 2 aromatic carbocycles. The van der Waals surface area contributed by atoms with Crippen LogP contribution in [-0.2, 0) is 20.4 Å². The van der Waals surface area contributed by atoms with Crippen molar-refractivity contribution in [3.8, 4) is 23.0 Å². The first-order chi connectivity index (χ1) is 15.6. The van der Waals surface area contributed by atoms with E-state index in [4.69, 9.17) is 29.8 Å². The molecular formula is C22H27NO9S. The largest absolute Gasteiger partial charge is 0.496 e. The predicted octanol–water partition coefficient (Wildman–Crippen LogP) is 1.75. The fraction of sp³-hybridized carbons (Fsp3) is 0.318. The Labute approximate surface area is 192 Å². The first-order valence-electron chi connectivity index (χ1n) is 9.61. The predicted molar refractivity (Wildman–Crippen MR) is 121 cm³/mol. The van der Waals surface area contributed by atoms with Crippen LogP contribution in [-0.4, -0.2) is 59.1 Å². The number of carbonyl (C=O) groups is 1. The molecule has 0 fully saturated rings. The quantitative estimate of drug-likeness (QED) is 0.432. The van der Waals surface area contributed by atoms with Crippen LogP contribution >= 0.6 is 0 Å². The third-order valence-corrected chi connectivity index (χ3v) is 6.09. The van der Waals surface area contributed by atoms with E-state index >= 15 is 0 Å². The van der Waals surface area contributed by atoms with Gasteiger partial charge < -0.3 is 34.9 Å². The van der Waals surface area contributed by atoms with Gasteiger partial charge in [0.05, 0.1) is 39.8 Å². The van der Waals surface area contributed by atoms with Crippen LogP contribution in [0.25, 0.3) is 6.08 Å². The van der Waals surface area contributed by atoms with Gasteiger partial charge in [-0.05, 0) is 23.8 Å². The highest BCUT2D eigenvalue weighted by molar-refractivity contribution is 7.93. The molecule has 2 atom stereocenters. The van der Waals surface area contributed by atoms with Crippen molar-refractivity contribution in [2.45, 2.75) is 17.9 Å². The van der Waals surface area contributed by atoms with Crippen LogP contribution in [0.4, 0.5) is 0 Å². The lowest BCUT2D eigenvalue weighted by molar-refractivity contribution is -0.141. The number of rotatable bonds is 11. The van der Waals surface area contributed by atoms with Gasteiger partial charge in [0.15, 0.2) is 9.84 Å². The number of sulfone groups is 1. The van der Waals surface area contributed by atoms with E-state index in [-0.39, 0.29) is 11.3 Å². The molecule has 0 spiro atoms. The minimum absolute atomic E-state index is 0.0718. The summed E-state index contributed by atoms with van der Waals surface area (Å²) in [6.07, 6.45) is -0.241. The minimum atomic E-state index is -3.79. The number of nitrogens with two attached hydrogens (primary N) is 1. The fourth-order valence-electron chi connectivity index (χ4n) is 3.08. The maximum atomic E-state index is 12.8. The Morgan fingerprint density at radius 3 is 2.06 bits per heavy atom. The van der Waals surface area contributed by atoms with Crippen LogP contribution in [0.5, 0.6) is 23.0 Å². The molecule has 0 aliphatic carbocycles. The first kappa shape index (κ1) is 26.0. The number of hydrogen-bond donors (Lipinski definition) is 3. The Morgan fingerprint density at radius 2 is 1.58 bits per heavy atom. The molecule has 0 saturated heterocycles. The standard InChI is InChI=1S/C22H27NO9S/c1-29-14-10-18(31-3)15(19(11-14)32-4)7-8-33(27,28)12-13-5-6-17(30-2)16(9-13)21(24)20(23)22(25)26/h5-11,20-21,24H,12,23H2,1-4H3,(H,25,26)/b8-7+. The molecule has 0 amide bonds. The highest BCUT2D eigenvalue weighted by Crippen LogP contribution is 2.35. The molecule has 2 rings (SSSR count). The first-order valence-corrected chi connectivity index (χ1v) is 11.3. The summed E-state index contributed by atoms with van der Waals surface area (Å²) < 4.78 is 46.5. The number of aliphatic hydroxyl groups excluding tert-OH is 1. The SMILES string of the molecule is COc1cc(OC)c(/C=C/S(=O)(=O)Cc2ccc(OC)c(C(O)C(N)C(=O)O)c2)c(OC)c1. The summed E-state index contributed by atoms with van der Waals surface area (Å²) >= 11 is 0. The summed E-state index contributed by atoms with van der Waals surface area (Å²) in [4.78, 5) is 11.1. The number of aliphatic carboxylic acids is 1. The van der Waals surface area contributed by atoms with Crippen molar-refractivity contribution in [3.05, 3.63) is 52.4 Å². The Kier molecular flexibility index (Phi) is 8.69. The molecule has 4 N–H and O–H groups in total. The Hall–Kier alpha value is -3.28. The highest BCUT2D eigenvalue weighted by atomic mass is 32.2. The lowest BCUT2D eigenvalue weighted by Gasteiger charge is -2.19. The molecule has 2 aromatic rings. The van der Waals surface area contributed by atoms with Gasteiger partial charge >= 0.3 is 5.97 Å². The third kappa shape index (κ3) is 6.37. The maximum Gasteiger partial charge on any atom is 0.323 e. The highest BCUT2D eigenvalue weighted by Gasteiger charge is 2.27. The number of hydrogen-bond acceptors (Lipinski definition) is 9. The molecule has 2 unspecified atom stereocenters. The lowest BCUT2D eigenvalue weighted by Crippen LogP contribution is -2.36. The van der Waals surface area contributed by atoms with Crippen LogP contribution in [0, 0.1) is 0 Å². The van der Waals surface area contributed by atoms with Crippen LogP contribution in [0.2, 0.25) is 0 Å². The minimum Gasteiger partial charge on any atom is -0.496 e. The van der Waals surface area contributed by atoms with E-state index in [9.17, 15) is 18.3 Å². The molecule has 0 saturated carbocycles. The van der Waals surface area contributed by atoms with E-state index in [1.165, 1.54) is 52.7 Å². The van der Waals surface area contributed by atoms with Gasteiger partial charge in [-0.15, -0.1) is 0 Å². The van der Waals surface area contributed by atoms with Crippen molar-refractivity contribution in [3.63, 3.8) is 0 Å². The number of benzene rings is 2. The molecule has 0 aliphatic rings. The maximum absolute atomic E-state index is 12.8. The van der Waals surface area contributed by atoms with E-state index < -0.39 is 33.7 Å². The normalized spacial score (nSPS) is 13.4. The van der Waals surface area contributed by atoms with Crippen molar-refractivity contribution in [2.75, 3.05) is 28.4 Å². The van der Waals surface area contributed by atoms with Crippen molar-refractivity contribution >= 4 is 21.9 Å².